The molecule has 0 atom stereocenters. The number of anilines is 1. The molecule has 0 spiro atoms. The van der Waals surface area contributed by atoms with Crippen LogP contribution in [0.25, 0.3) is 5.69 Å². The number of esters is 1. The molecule has 2 aromatic carbocycles. The van der Waals surface area contributed by atoms with Crippen LogP contribution in [0.5, 0.6) is 0 Å². The number of rotatable bonds is 4. The van der Waals surface area contributed by atoms with Gasteiger partial charge in [0.1, 0.15) is 0 Å². The maximum Gasteiger partial charge on any atom is 0.340 e. The van der Waals surface area contributed by atoms with E-state index in [4.69, 9.17) is 33.7 Å². The molecule has 7 nitrogen and oxygen atoms in total. The maximum absolute atomic E-state index is 12.2. The molecule has 0 aliphatic carbocycles. The Morgan fingerprint density at radius 2 is 1.96 bits per heavy atom. The van der Waals surface area contributed by atoms with E-state index in [0.717, 1.165) is 5.69 Å². The zero-order chi connectivity index (χ0) is 17.1. The third-order valence-electron chi connectivity index (χ3n) is 3.18. The summed E-state index contributed by atoms with van der Waals surface area (Å²) in [7, 11) is 0. The van der Waals surface area contributed by atoms with Crippen LogP contribution in [0.15, 0.2) is 42.5 Å². The number of aromatic nitrogens is 4. The van der Waals surface area contributed by atoms with Gasteiger partial charge in [-0.2, -0.15) is 4.68 Å². The first-order chi connectivity index (χ1) is 11.6. The minimum Gasteiger partial charge on any atom is -0.454 e. The van der Waals surface area contributed by atoms with Gasteiger partial charge in [-0.15, -0.1) is 5.10 Å². The average Bonchev–Trinajstić information content (AvgIpc) is 3.05. The van der Waals surface area contributed by atoms with Gasteiger partial charge in [0, 0.05) is 5.02 Å². The van der Waals surface area contributed by atoms with E-state index in [0.29, 0.717) is 5.82 Å². The van der Waals surface area contributed by atoms with Crippen LogP contribution < -0.4 is 5.73 Å². The summed E-state index contributed by atoms with van der Waals surface area (Å²) in [5.74, 6) is -0.305. The van der Waals surface area contributed by atoms with Gasteiger partial charge in [-0.25, -0.2) is 4.79 Å². The molecular weight excluding hydrogens is 353 g/mol. The highest BCUT2D eigenvalue weighted by Crippen LogP contribution is 2.28. The van der Waals surface area contributed by atoms with Crippen molar-refractivity contribution in [2.45, 2.75) is 6.61 Å². The fraction of sp³-hybridized carbons (Fsp3) is 0.0667. The van der Waals surface area contributed by atoms with Crippen LogP contribution in [0.2, 0.25) is 10.0 Å². The molecule has 0 saturated heterocycles. The summed E-state index contributed by atoms with van der Waals surface area (Å²) in [6, 6.07) is 12.1. The molecular formula is C15H11Cl2N5O2. The van der Waals surface area contributed by atoms with Gasteiger partial charge in [0.2, 0.25) is 0 Å². The summed E-state index contributed by atoms with van der Waals surface area (Å²) in [4.78, 5) is 12.2. The number of tetrazole rings is 1. The number of ether oxygens (including phenoxy) is 1. The topological polar surface area (TPSA) is 95.9 Å². The number of halogens is 2. The van der Waals surface area contributed by atoms with Crippen LogP contribution in [0.4, 0.5) is 5.69 Å². The predicted molar refractivity (Wildman–Crippen MR) is 89.1 cm³/mol. The Kier molecular flexibility index (Phi) is 4.64. The van der Waals surface area contributed by atoms with Crippen molar-refractivity contribution in [1.29, 1.82) is 0 Å². The standard InChI is InChI=1S/C15H11Cl2N5O2/c16-9-6-11(14(18)12(17)7-9)15(23)24-8-13-19-20-21-22(13)10-4-2-1-3-5-10/h1-7H,8,18H2. The van der Waals surface area contributed by atoms with E-state index in [9.17, 15) is 4.79 Å². The van der Waals surface area contributed by atoms with E-state index in [2.05, 4.69) is 15.5 Å². The average molecular weight is 364 g/mol. The summed E-state index contributed by atoms with van der Waals surface area (Å²) in [6.45, 7) is -0.135. The van der Waals surface area contributed by atoms with Gasteiger partial charge in [-0.3, -0.25) is 0 Å². The first-order valence-electron chi connectivity index (χ1n) is 6.80. The molecule has 0 saturated carbocycles. The van der Waals surface area contributed by atoms with Crippen molar-refractivity contribution in [3.8, 4) is 5.69 Å². The second kappa shape index (κ2) is 6.86. The van der Waals surface area contributed by atoms with Gasteiger partial charge in [0.05, 0.1) is 22.0 Å². The molecule has 24 heavy (non-hydrogen) atoms. The number of para-hydroxylation sites is 1. The first kappa shape index (κ1) is 16.2. The largest absolute Gasteiger partial charge is 0.454 e. The molecule has 2 N–H and O–H groups in total. The van der Waals surface area contributed by atoms with Gasteiger partial charge in [-0.1, -0.05) is 41.4 Å². The molecule has 0 aliphatic heterocycles. The van der Waals surface area contributed by atoms with E-state index in [-0.39, 0.29) is 27.9 Å². The fourth-order valence-corrected chi connectivity index (χ4v) is 2.52. The predicted octanol–water partition coefficient (Wildman–Crippen LogP) is 2.91. The first-order valence-corrected chi connectivity index (χ1v) is 7.56. The Labute approximate surface area is 146 Å². The van der Waals surface area contributed by atoms with Crippen molar-refractivity contribution >= 4 is 34.9 Å². The molecule has 1 heterocycles. The molecule has 0 amide bonds. The van der Waals surface area contributed by atoms with E-state index in [1.807, 2.05) is 30.3 Å². The van der Waals surface area contributed by atoms with Gasteiger partial charge in [0.25, 0.3) is 0 Å². The Morgan fingerprint density at radius 1 is 1.21 bits per heavy atom. The number of hydrogen-bond acceptors (Lipinski definition) is 6. The molecule has 0 aliphatic rings. The summed E-state index contributed by atoms with van der Waals surface area (Å²) < 4.78 is 6.70. The monoisotopic (exact) mass is 363 g/mol. The summed E-state index contributed by atoms with van der Waals surface area (Å²) in [5.41, 5.74) is 6.73. The second-order valence-electron chi connectivity index (χ2n) is 4.77. The van der Waals surface area contributed by atoms with Crippen molar-refractivity contribution in [2.24, 2.45) is 0 Å². The highest BCUT2D eigenvalue weighted by Gasteiger charge is 2.17. The number of benzene rings is 2. The summed E-state index contributed by atoms with van der Waals surface area (Å²) in [6.07, 6.45) is 0. The Bertz CT molecular complexity index is 883. The molecule has 0 radical (unpaired) electrons. The second-order valence-corrected chi connectivity index (χ2v) is 5.61. The minimum atomic E-state index is -0.667. The third-order valence-corrected chi connectivity index (χ3v) is 3.71. The lowest BCUT2D eigenvalue weighted by molar-refractivity contribution is 0.0461. The normalized spacial score (nSPS) is 10.6. The van der Waals surface area contributed by atoms with Crippen molar-refractivity contribution in [1.82, 2.24) is 20.2 Å². The van der Waals surface area contributed by atoms with Crippen molar-refractivity contribution < 1.29 is 9.53 Å². The van der Waals surface area contributed by atoms with Crippen LogP contribution >= 0.6 is 23.2 Å². The number of hydrogen-bond donors (Lipinski definition) is 1. The smallest absolute Gasteiger partial charge is 0.340 e. The van der Waals surface area contributed by atoms with Crippen molar-refractivity contribution in [3.63, 3.8) is 0 Å². The number of carbonyl (C=O) groups is 1. The fourth-order valence-electron chi connectivity index (χ4n) is 2.03. The molecule has 9 heteroatoms. The van der Waals surface area contributed by atoms with E-state index in [1.165, 1.54) is 16.8 Å². The Morgan fingerprint density at radius 3 is 2.71 bits per heavy atom. The van der Waals surface area contributed by atoms with Crippen molar-refractivity contribution in [3.05, 3.63) is 63.9 Å². The third kappa shape index (κ3) is 3.32. The van der Waals surface area contributed by atoms with Crippen LogP contribution in [0, 0.1) is 0 Å². The van der Waals surface area contributed by atoms with Gasteiger partial charge < -0.3 is 10.5 Å². The van der Waals surface area contributed by atoms with E-state index in [1.54, 1.807) is 0 Å². The highest BCUT2D eigenvalue weighted by molar-refractivity contribution is 6.37. The number of nitrogens with two attached hydrogens (primary N) is 1. The van der Waals surface area contributed by atoms with Crippen LogP contribution in [0.1, 0.15) is 16.2 Å². The summed E-state index contributed by atoms with van der Waals surface area (Å²) >= 11 is 11.8. The van der Waals surface area contributed by atoms with Crippen LogP contribution in [0.3, 0.4) is 0 Å². The van der Waals surface area contributed by atoms with Crippen LogP contribution in [-0.2, 0) is 11.3 Å². The van der Waals surface area contributed by atoms with Crippen molar-refractivity contribution in [2.75, 3.05) is 5.73 Å². The molecule has 122 valence electrons. The number of nitrogen functional groups attached to an aromatic ring is 1. The highest BCUT2D eigenvalue weighted by atomic mass is 35.5. The lowest BCUT2D eigenvalue weighted by Crippen LogP contribution is -2.11. The van der Waals surface area contributed by atoms with E-state index >= 15 is 0 Å². The van der Waals surface area contributed by atoms with Gasteiger partial charge in [0.15, 0.2) is 12.4 Å². The number of carbonyl (C=O) groups excluding carboxylic acids is 1. The lowest BCUT2D eigenvalue weighted by Gasteiger charge is -2.09. The molecule has 0 unspecified atom stereocenters. The zero-order valence-electron chi connectivity index (χ0n) is 12.2. The summed E-state index contributed by atoms with van der Waals surface area (Å²) in [5, 5.41) is 11.8. The zero-order valence-corrected chi connectivity index (χ0v) is 13.7. The Hall–Kier alpha value is -2.64. The maximum atomic E-state index is 12.2. The molecule has 1 aromatic heterocycles. The number of nitrogens with zero attached hydrogens (tertiary/aromatic N) is 4. The van der Waals surface area contributed by atoms with Gasteiger partial charge >= 0.3 is 5.97 Å². The van der Waals surface area contributed by atoms with Gasteiger partial charge in [-0.05, 0) is 34.7 Å². The molecule has 0 fully saturated rings. The lowest BCUT2D eigenvalue weighted by atomic mass is 10.2. The minimum absolute atomic E-state index is 0.0891. The van der Waals surface area contributed by atoms with E-state index < -0.39 is 5.97 Å². The van der Waals surface area contributed by atoms with Crippen LogP contribution in [-0.4, -0.2) is 26.2 Å². The molecule has 0 bridgehead atoms. The Balaban J connectivity index is 1.78. The molecule has 3 rings (SSSR count). The SMILES string of the molecule is Nc1c(Cl)cc(Cl)cc1C(=O)OCc1nnnn1-c1ccccc1. The molecule has 3 aromatic rings. The quantitative estimate of drug-likeness (QED) is 0.565.